The third kappa shape index (κ3) is 7.65. The average molecular weight is 402 g/mol. The molecule has 0 aliphatic carbocycles. The third-order valence-electron chi connectivity index (χ3n) is 4.12. The Morgan fingerprint density at radius 1 is 1.14 bits per heavy atom. The SMILES string of the molecule is CC(C)C[C@H](NC(=O)[C@H](Cc1cnc[nH]1)NC(=O)OCc1ccccc1)C(=O)O. The summed E-state index contributed by atoms with van der Waals surface area (Å²) in [7, 11) is 0. The molecule has 2 atom stereocenters. The van der Waals surface area contributed by atoms with Crippen molar-refractivity contribution in [2.75, 3.05) is 0 Å². The molecule has 9 nitrogen and oxygen atoms in total. The predicted octanol–water partition coefficient (Wildman–Crippen LogP) is 1.86. The summed E-state index contributed by atoms with van der Waals surface area (Å²) in [5.74, 6) is -1.66. The van der Waals surface area contributed by atoms with Gasteiger partial charge in [-0.1, -0.05) is 44.2 Å². The molecular weight excluding hydrogens is 376 g/mol. The number of hydrogen-bond donors (Lipinski definition) is 4. The number of carboxylic acid groups (broad SMARTS) is 1. The fourth-order valence-corrected chi connectivity index (χ4v) is 2.70. The predicted molar refractivity (Wildman–Crippen MR) is 105 cm³/mol. The van der Waals surface area contributed by atoms with Gasteiger partial charge in [0.15, 0.2) is 0 Å². The molecule has 0 radical (unpaired) electrons. The van der Waals surface area contributed by atoms with Gasteiger partial charge in [-0.05, 0) is 17.9 Å². The van der Waals surface area contributed by atoms with E-state index in [4.69, 9.17) is 4.74 Å². The van der Waals surface area contributed by atoms with Gasteiger partial charge in [0.1, 0.15) is 18.7 Å². The van der Waals surface area contributed by atoms with Crippen molar-refractivity contribution < 1.29 is 24.2 Å². The molecule has 0 bridgehead atoms. The molecule has 0 fully saturated rings. The van der Waals surface area contributed by atoms with Crippen molar-refractivity contribution in [2.45, 2.75) is 45.4 Å². The standard InChI is InChI=1S/C20H26N4O5/c1-13(2)8-17(19(26)27)23-18(25)16(9-15-10-21-12-22-15)24-20(28)29-11-14-6-4-3-5-7-14/h3-7,10,12-13,16-17H,8-9,11H2,1-2H3,(H,21,22)(H,23,25)(H,24,28)(H,26,27)/t16-,17-/m0/s1. The molecule has 9 heteroatoms. The van der Waals surface area contributed by atoms with E-state index in [2.05, 4.69) is 20.6 Å². The maximum Gasteiger partial charge on any atom is 0.408 e. The summed E-state index contributed by atoms with van der Waals surface area (Å²) in [5.41, 5.74) is 1.42. The Morgan fingerprint density at radius 3 is 2.45 bits per heavy atom. The minimum Gasteiger partial charge on any atom is -0.480 e. The van der Waals surface area contributed by atoms with Crippen LogP contribution in [0.3, 0.4) is 0 Å². The van der Waals surface area contributed by atoms with E-state index in [9.17, 15) is 19.5 Å². The molecule has 0 aliphatic rings. The lowest BCUT2D eigenvalue weighted by atomic mass is 10.0. The largest absolute Gasteiger partial charge is 0.480 e. The lowest BCUT2D eigenvalue weighted by Crippen LogP contribution is -2.52. The maximum absolute atomic E-state index is 12.7. The van der Waals surface area contributed by atoms with Crippen LogP contribution in [0, 0.1) is 5.92 Å². The Balaban J connectivity index is 2.02. The van der Waals surface area contributed by atoms with Crippen LogP contribution in [0.25, 0.3) is 0 Å². The van der Waals surface area contributed by atoms with Gasteiger partial charge in [-0.15, -0.1) is 0 Å². The second-order valence-corrected chi connectivity index (χ2v) is 7.07. The van der Waals surface area contributed by atoms with Crippen molar-refractivity contribution in [3.05, 3.63) is 54.1 Å². The van der Waals surface area contributed by atoms with Gasteiger partial charge in [0, 0.05) is 18.3 Å². The van der Waals surface area contributed by atoms with Crippen molar-refractivity contribution >= 4 is 18.0 Å². The van der Waals surface area contributed by atoms with Crippen molar-refractivity contribution in [1.82, 2.24) is 20.6 Å². The molecule has 2 rings (SSSR count). The van der Waals surface area contributed by atoms with Crippen LogP contribution < -0.4 is 10.6 Å². The van der Waals surface area contributed by atoms with Gasteiger partial charge in [-0.3, -0.25) is 4.79 Å². The Hall–Kier alpha value is -3.36. The van der Waals surface area contributed by atoms with Crippen LogP contribution in [0.15, 0.2) is 42.9 Å². The topological polar surface area (TPSA) is 133 Å². The first kappa shape index (κ1) is 21.9. The molecule has 4 N–H and O–H groups in total. The number of imidazole rings is 1. The van der Waals surface area contributed by atoms with E-state index in [1.54, 1.807) is 0 Å². The molecule has 0 unspecified atom stereocenters. The fraction of sp³-hybridized carbons (Fsp3) is 0.400. The van der Waals surface area contributed by atoms with E-state index in [0.29, 0.717) is 5.69 Å². The number of benzene rings is 1. The maximum atomic E-state index is 12.7. The Morgan fingerprint density at radius 2 is 1.86 bits per heavy atom. The highest BCUT2D eigenvalue weighted by atomic mass is 16.5. The zero-order valence-corrected chi connectivity index (χ0v) is 16.4. The number of nitrogens with one attached hydrogen (secondary N) is 3. The van der Waals surface area contributed by atoms with Gasteiger partial charge >= 0.3 is 12.1 Å². The highest BCUT2D eigenvalue weighted by Crippen LogP contribution is 2.07. The van der Waals surface area contributed by atoms with Gasteiger partial charge < -0.3 is 25.5 Å². The van der Waals surface area contributed by atoms with Crippen molar-refractivity contribution in [3.8, 4) is 0 Å². The van der Waals surface area contributed by atoms with Crippen LogP contribution in [-0.4, -0.2) is 45.1 Å². The molecule has 0 saturated heterocycles. The van der Waals surface area contributed by atoms with Crippen LogP contribution in [-0.2, 0) is 27.4 Å². The molecule has 29 heavy (non-hydrogen) atoms. The summed E-state index contributed by atoms with van der Waals surface area (Å²) in [6, 6.07) is 7.06. The number of amides is 2. The number of carboxylic acids is 1. The zero-order chi connectivity index (χ0) is 21.2. The number of aromatic amines is 1. The third-order valence-corrected chi connectivity index (χ3v) is 4.12. The normalized spacial score (nSPS) is 12.8. The second-order valence-electron chi connectivity index (χ2n) is 7.07. The Bertz CT molecular complexity index is 792. The lowest BCUT2D eigenvalue weighted by Gasteiger charge is -2.22. The summed E-state index contributed by atoms with van der Waals surface area (Å²) < 4.78 is 5.17. The number of nitrogens with zero attached hydrogens (tertiary/aromatic N) is 1. The molecule has 0 saturated carbocycles. The van der Waals surface area contributed by atoms with Crippen molar-refractivity contribution in [1.29, 1.82) is 0 Å². The van der Waals surface area contributed by atoms with Gasteiger partial charge in [0.05, 0.1) is 6.33 Å². The summed E-state index contributed by atoms with van der Waals surface area (Å²) in [5, 5.41) is 14.4. The molecular formula is C20H26N4O5. The highest BCUT2D eigenvalue weighted by Gasteiger charge is 2.28. The van der Waals surface area contributed by atoms with Crippen LogP contribution in [0.4, 0.5) is 4.79 Å². The highest BCUT2D eigenvalue weighted by molar-refractivity contribution is 5.89. The quantitative estimate of drug-likeness (QED) is 0.479. The molecule has 0 spiro atoms. The summed E-state index contributed by atoms with van der Waals surface area (Å²) in [4.78, 5) is 43.1. The fourth-order valence-electron chi connectivity index (χ4n) is 2.70. The first-order valence-electron chi connectivity index (χ1n) is 9.32. The molecule has 2 amide bonds. The summed E-state index contributed by atoms with van der Waals surface area (Å²) in [6.07, 6.45) is 2.59. The molecule has 156 valence electrons. The number of hydrogen-bond acceptors (Lipinski definition) is 5. The first-order chi connectivity index (χ1) is 13.8. The minimum atomic E-state index is -1.13. The van der Waals surface area contributed by atoms with E-state index in [1.165, 1.54) is 12.5 Å². The first-order valence-corrected chi connectivity index (χ1v) is 9.32. The summed E-state index contributed by atoms with van der Waals surface area (Å²) >= 11 is 0. The van der Waals surface area contributed by atoms with Gasteiger partial charge in [-0.2, -0.15) is 0 Å². The Kier molecular flexibility index (Phi) is 8.20. The van der Waals surface area contributed by atoms with Gasteiger partial charge in [-0.25, -0.2) is 14.6 Å². The monoisotopic (exact) mass is 402 g/mol. The van der Waals surface area contributed by atoms with Gasteiger partial charge in [0.2, 0.25) is 5.91 Å². The number of alkyl carbamates (subject to hydrolysis) is 1. The van der Waals surface area contributed by atoms with E-state index in [-0.39, 0.29) is 25.4 Å². The number of rotatable bonds is 10. The lowest BCUT2D eigenvalue weighted by molar-refractivity contribution is -0.142. The number of ether oxygens (including phenoxy) is 1. The van der Waals surface area contributed by atoms with Crippen LogP contribution >= 0.6 is 0 Å². The number of carbonyl (C=O) groups excluding carboxylic acids is 2. The van der Waals surface area contributed by atoms with E-state index >= 15 is 0 Å². The second kappa shape index (κ2) is 10.8. The smallest absolute Gasteiger partial charge is 0.408 e. The van der Waals surface area contributed by atoms with Crippen molar-refractivity contribution in [3.63, 3.8) is 0 Å². The Labute approximate surface area is 168 Å². The number of H-pyrrole nitrogens is 1. The minimum absolute atomic E-state index is 0.0518. The number of aliphatic carboxylic acids is 1. The van der Waals surface area contributed by atoms with E-state index in [1.807, 2.05) is 44.2 Å². The van der Waals surface area contributed by atoms with Gasteiger partial charge in [0.25, 0.3) is 0 Å². The number of carbonyl (C=O) groups is 3. The zero-order valence-electron chi connectivity index (χ0n) is 16.4. The van der Waals surface area contributed by atoms with E-state index in [0.717, 1.165) is 5.56 Å². The molecule has 0 aliphatic heterocycles. The van der Waals surface area contributed by atoms with E-state index < -0.39 is 30.1 Å². The van der Waals surface area contributed by atoms with Crippen molar-refractivity contribution in [2.24, 2.45) is 5.92 Å². The summed E-state index contributed by atoms with van der Waals surface area (Å²) in [6.45, 7) is 3.78. The number of aromatic nitrogens is 2. The van der Waals surface area contributed by atoms with Crippen LogP contribution in [0.1, 0.15) is 31.5 Å². The molecule has 1 aromatic heterocycles. The molecule has 1 heterocycles. The van der Waals surface area contributed by atoms with Crippen LogP contribution in [0.5, 0.6) is 0 Å². The van der Waals surface area contributed by atoms with Crippen LogP contribution in [0.2, 0.25) is 0 Å². The molecule has 2 aromatic rings. The average Bonchev–Trinajstić information content (AvgIpc) is 3.19. The molecule has 1 aromatic carbocycles.